The van der Waals surface area contributed by atoms with Crippen LogP contribution in [0, 0.1) is 0 Å². The van der Waals surface area contributed by atoms with E-state index in [2.05, 4.69) is 200 Å². The van der Waals surface area contributed by atoms with Crippen molar-refractivity contribution in [3.8, 4) is 33.4 Å². The fourth-order valence-electron chi connectivity index (χ4n) is 8.29. The number of nitrogens with one attached hydrogen (secondary N) is 1. The maximum absolute atomic E-state index is 6.34. The van der Waals surface area contributed by atoms with E-state index in [1.165, 1.54) is 33.6 Å². The van der Waals surface area contributed by atoms with Crippen molar-refractivity contribution in [3.05, 3.63) is 199 Å². The van der Waals surface area contributed by atoms with Gasteiger partial charge in [-0.05, 0) is 94.0 Å². The van der Waals surface area contributed by atoms with Crippen LogP contribution in [0.3, 0.4) is 0 Å². The molecule has 10 rings (SSSR count). The number of nitrogens with zero attached hydrogens (tertiary/aromatic N) is 1. The molecule has 0 saturated heterocycles. The molecule has 1 aliphatic rings. The fraction of sp³-hybridized carbons (Fsp3) is 0.0588. The largest absolute Gasteiger partial charge is 0.455 e. The highest BCUT2D eigenvalue weighted by Gasteiger charge is 2.37. The first-order chi connectivity index (χ1) is 26.5. The second kappa shape index (κ2) is 12.7. The second-order valence-electron chi connectivity index (χ2n) is 14.7. The molecule has 1 aromatic heterocycles. The Hall–Kier alpha value is -6.84. The molecule has 1 N–H and O–H groups in total. The van der Waals surface area contributed by atoms with Crippen LogP contribution in [0.2, 0.25) is 0 Å². The molecule has 0 atom stereocenters. The summed E-state index contributed by atoms with van der Waals surface area (Å²) in [5.41, 5.74) is 16.9. The first-order valence-electron chi connectivity index (χ1n) is 18.6. The number of rotatable bonds is 6. The van der Waals surface area contributed by atoms with E-state index >= 15 is 0 Å². The molecular formula is C51H38N2O. The van der Waals surface area contributed by atoms with Crippen molar-refractivity contribution >= 4 is 50.4 Å². The molecule has 3 nitrogen and oxygen atoms in total. The van der Waals surface area contributed by atoms with Crippen LogP contribution in [0.5, 0.6) is 0 Å². The Bertz CT molecular complexity index is 2820. The van der Waals surface area contributed by atoms with Crippen molar-refractivity contribution in [2.75, 3.05) is 10.2 Å². The summed E-state index contributed by atoms with van der Waals surface area (Å²) >= 11 is 0. The lowest BCUT2D eigenvalue weighted by atomic mass is 9.73. The summed E-state index contributed by atoms with van der Waals surface area (Å²) in [4.78, 5) is 2.41. The molecule has 8 aromatic carbocycles. The summed E-state index contributed by atoms with van der Waals surface area (Å²) in [6.07, 6.45) is 0. The topological polar surface area (TPSA) is 28.4 Å². The van der Waals surface area contributed by atoms with E-state index in [0.29, 0.717) is 0 Å². The third-order valence-corrected chi connectivity index (χ3v) is 11.1. The number of para-hydroxylation sites is 4. The van der Waals surface area contributed by atoms with Crippen LogP contribution in [0.4, 0.5) is 28.4 Å². The van der Waals surface area contributed by atoms with Crippen molar-refractivity contribution in [2.45, 2.75) is 19.3 Å². The predicted octanol–water partition coefficient (Wildman–Crippen LogP) is 14.4. The van der Waals surface area contributed by atoms with Crippen LogP contribution in [0.15, 0.2) is 192 Å². The smallest absolute Gasteiger partial charge is 0.143 e. The summed E-state index contributed by atoms with van der Waals surface area (Å²) in [6.45, 7) is 4.70. The van der Waals surface area contributed by atoms with Gasteiger partial charge in [-0.3, -0.25) is 0 Å². The Balaban J connectivity index is 1.02. The van der Waals surface area contributed by atoms with Gasteiger partial charge in [0.25, 0.3) is 0 Å². The molecule has 0 fully saturated rings. The lowest BCUT2D eigenvalue weighted by molar-refractivity contribution is 0.632. The normalized spacial score (nSPS) is 13.1. The van der Waals surface area contributed by atoms with Crippen LogP contribution in [-0.4, -0.2) is 0 Å². The lowest BCUT2D eigenvalue weighted by Crippen LogP contribution is -2.30. The monoisotopic (exact) mass is 694 g/mol. The minimum Gasteiger partial charge on any atom is -0.455 e. The Labute approximate surface area is 315 Å². The zero-order valence-electron chi connectivity index (χ0n) is 30.3. The molecule has 0 bridgehead atoms. The van der Waals surface area contributed by atoms with Gasteiger partial charge in [0, 0.05) is 44.4 Å². The van der Waals surface area contributed by atoms with Crippen molar-refractivity contribution in [3.63, 3.8) is 0 Å². The summed E-state index contributed by atoms with van der Waals surface area (Å²) in [5, 5.41) is 6.03. The first-order valence-corrected chi connectivity index (χ1v) is 18.6. The van der Waals surface area contributed by atoms with E-state index in [1.807, 2.05) is 12.1 Å². The average molecular weight is 695 g/mol. The molecule has 3 heteroatoms. The third kappa shape index (κ3) is 5.28. The number of furan rings is 1. The number of fused-ring (bicyclic) bond motifs is 5. The molecular weight excluding hydrogens is 657 g/mol. The van der Waals surface area contributed by atoms with Crippen molar-refractivity contribution in [1.29, 1.82) is 0 Å². The molecule has 0 spiro atoms. The van der Waals surface area contributed by atoms with Gasteiger partial charge in [-0.25, -0.2) is 0 Å². The van der Waals surface area contributed by atoms with Crippen LogP contribution < -0.4 is 10.2 Å². The van der Waals surface area contributed by atoms with Gasteiger partial charge in [0.1, 0.15) is 11.2 Å². The van der Waals surface area contributed by atoms with Crippen molar-refractivity contribution in [2.24, 2.45) is 0 Å². The van der Waals surface area contributed by atoms with E-state index in [9.17, 15) is 0 Å². The molecule has 1 aliphatic heterocycles. The fourth-order valence-corrected chi connectivity index (χ4v) is 8.29. The molecule has 0 radical (unpaired) electrons. The summed E-state index contributed by atoms with van der Waals surface area (Å²) in [6, 6.07) is 67.2. The molecule has 0 saturated carbocycles. The van der Waals surface area contributed by atoms with Gasteiger partial charge in [0.2, 0.25) is 0 Å². The standard InChI is InChI=1S/C51H38N2O/c1-51(2)44-21-10-11-22-47(44)53(39-16-7-4-8-17-39)48-31-27-37(33-45(48)51)36-26-30-46(43(32-36)34-14-5-3-6-15-34)52-38-28-24-35(25-29-38)40-19-13-20-42-41-18-9-12-23-49(41)54-50(40)42/h3-33,52H,1-2H3. The molecule has 0 unspecified atom stereocenters. The first kappa shape index (κ1) is 31.9. The van der Waals surface area contributed by atoms with Gasteiger partial charge in [-0.15, -0.1) is 0 Å². The van der Waals surface area contributed by atoms with Crippen LogP contribution >= 0.6 is 0 Å². The van der Waals surface area contributed by atoms with Crippen LogP contribution in [0.25, 0.3) is 55.3 Å². The zero-order chi connectivity index (χ0) is 36.2. The maximum atomic E-state index is 6.34. The lowest BCUT2D eigenvalue weighted by Gasteiger charge is -2.42. The highest BCUT2D eigenvalue weighted by atomic mass is 16.3. The molecule has 9 aromatic rings. The molecule has 2 heterocycles. The van der Waals surface area contributed by atoms with Gasteiger partial charge in [0.05, 0.1) is 11.4 Å². The Morgan fingerprint density at radius 3 is 1.93 bits per heavy atom. The highest BCUT2D eigenvalue weighted by molar-refractivity contribution is 6.09. The van der Waals surface area contributed by atoms with Crippen LogP contribution in [0.1, 0.15) is 25.0 Å². The Morgan fingerprint density at radius 1 is 0.463 bits per heavy atom. The van der Waals surface area contributed by atoms with Gasteiger partial charge in [-0.2, -0.15) is 0 Å². The second-order valence-corrected chi connectivity index (χ2v) is 14.7. The van der Waals surface area contributed by atoms with Crippen molar-refractivity contribution < 1.29 is 4.42 Å². The molecule has 0 aliphatic carbocycles. The third-order valence-electron chi connectivity index (χ3n) is 11.1. The minimum atomic E-state index is -0.181. The predicted molar refractivity (Wildman–Crippen MR) is 227 cm³/mol. The Morgan fingerprint density at radius 2 is 1.09 bits per heavy atom. The Kier molecular flexibility index (Phi) is 7.48. The highest BCUT2D eigenvalue weighted by Crippen LogP contribution is 2.52. The summed E-state index contributed by atoms with van der Waals surface area (Å²) in [7, 11) is 0. The summed E-state index contributed by atoms with van der Waals surface area (Å²) < 4.78 is 6.34. The minimum absolute atomic E-state index is 0.181. The molecule has 258 valence electrons. The number of benzene rings is 8. The van der Waals surface area contributed by atoms with E-state index in [0.717, 1.165) is 61.3 Å². The van der Waals surface area contributed by atoms with E-state index in [-0.39, 0.29) is 5.41 Å². The molecule has 54 heavy (non-hydrogen) atoms. The zero-order valence-corrected chi connectivity index (χ0v) is 30.3. The van der Waals surface area contributed by atoms with Gasteiger partial charge in [-0.1, -0.05) is 141 Å². The maximum Gasteiger partial charge on any atom is 0.143 e. The quantitative estimate of drug-likeness (QED) is 0.188. The molecule has 0 amide bonds. The average Bonchev–Trinajstić information content (AvgIpc) is 3.61. The van der Waals surface area contributed by atoms with E-state index in [1.54, 1.807) is 0 Å². The number of hydrogen-bond acceptors (Lipinski definition) is 3. The van der Waals surface area contributed by atoms with Crippen molar-refractivity contribution in [1.82, 2.24) is 0 Å². The number of anilines is 5. The van der Waals surface area contributed by atoms with Crippen LogP contribution in [-0.2, 0) is 5.41 Å². The van der Waals surface area contributed by atoms with E-state index in [4.69, 9.17) is 4.42 Å². The van der Waals surface area contributed by atoms with Gasteiger partial charge in [0.15, 0.2) is 0 Å². The van der Waals surface area contributed by atoms with E-state index < -0.39 is 0 Å². The number of hydrogen-bond donors (Lipinski definition) is 1. The van der Waals surface area contributed by atoms with Gasteiger partial charge >= 0.3 is 0 Å². The summed E-state index contributed by atoms with van der Waals surface area (Å²) in [5.74, 6) is 0. The van der Waals surface area contributed by atoms with Gasteiger partial charge < -0.3 is 14.6 Å². The SMILES string of the molecule is CC1(C)c2ccccc2N(c2ccccc2)c2ccc(-c3ccc(Nc4ccc(-c5cccc6c5oc5ccccc56)cc4)c(-c4ccccc4)c3)cc21.